The van der Waals surface area contributed by atoms with E-state index in [1.54, 1.807) is 12.1 Å². The van der Waals surface area contributed by atoms with Crippen LogP contribution in [0.3, 0.4) is 0 Å². The van der Waals surface area contributed by atoms with Crippen LogP contribution in [0.4, 0.5) is 0 Å². The van der Waals surface area contributed by atoms with E-state index in [2.05, 4.69) is 0 Å². The molecule has 47 heavy (non-hydrogen) atoms. The standard InChI is InChI=1S/C32H40O15/c1-13(2)3-8-16-20(45-32-29(42)27(40)25(38)22(12-34)47-32)10-18(36)23-17(35)9-19(44-30(16)23)14-4-6-15(7-5-14)43-31-28(41)26(39)24(37)21(11-33)46-31/h3-7,10,19,21-22,24-29,31-34,36-42H,8-9,11-12H2,1-2H3. The van der Waals surface area contributed by atoms with Gasteiger partial charge < -0.3 is 69.6 Å². The van der Waals surface area contributed by atoms with Crippen molar-refractivity contribution in [3.05, 3.63) is 58.7 Å². The summed E-state index contributed by atoms with van der Waals surface area (Å²) in [4.78, 5) is 13.4. The number of ketones is 1. The van der Waals surface area contributed by atoms with Crippen LogP contribution < -0.4 is 14.2 Å². The monoisotopic (exact) mass is 664 g/mol. The molecule has 3 heterocycles. The number of allylic oxidation sites excluding steroid dienone is 2. The third kappa shape index (κ3) is 7.10. The van der Waals surface area contributed by atoms with E-state index in [0.29, 0.717) is 11.1 Å². The number of hydrogen-bond acceptors (Lipinski definition) is 15. The van der Waals surface area contributed by atoms with Crippen LogP contribution in [0, 0.1) is 0 Å². The van der Waals surface area contributed by atoms with E-state index in [1.165, 1.54) is 18.2 Å². The van der Waals surface area contributed by atoms with Gasteiger partial charge in [0.25, 0.3) is 0 Å². The number of aliphatic hydroxyl groups excluding tert-OH is 8. The van der Waals surface area contributed by atoms with Gasteiger partial charge in [-0.3, -0.25) is 4.79 Å². The molecule has 3 aliphatic rings. The molecule has 11 atom stereocenters. The lowest BCUT2D eigenvalue weighted by Crippen LogP contribution is -2.60. The third-order valence-electron chi connectivity index (χ3n) is 8.39. The van der Waals surface area contributed by atoms with Gasteiger partial charge >= 0.3 is 0 Å². The molecule has 3 aliphatic heterocycles. The molecule has 2 aromatic rings. The molecule has 0 radical (unpaired) electrons. The molecular formula is C32H40O15. The van der Waals surface area contributed by atoms with Crippen molar-refractivity contribution in [2.24, 2.45) is 0 Å². The van der Waals surface area contributed by atoms with Crippen LogP contribution >= 0.6 is 0 Å². The Balaban J connectivity index is 1.41. The quantitative estimate of drug-likeness (QED) is 0.145. The molecule has 2 saturated heterocycles. The number of carbonyl (C=O) groups is 1. The van der Waals surface area contributed by atoms with E-state index in [0.717, 1.165) is 5.57 Å². The number of rotatable bonds is 9. The molecule has 0 bridgehead atoms. The summed E-state index contributed by atoms with van der Waals surface area (Å²) in [7, 11) is 0. The van der Waals surface area contributed by atoms with Crippen LogP contribution in [0.15, 0.2) is 42.0 Å². The highest BCUT2D eigenvalue weighted by Gasteiger charge is 2.46. The number of phenolic OH excluding ortho intramolecular Hbond substituents is 1. The molecule has 258 valence electrons. The Morgan fingerprint density at radius 3 is 1.91 bits per heavy atom. The smallest absolute Gasteiger partial charge is 0.229 e. The first kappa shape index (κ1) is 35.0. The second-order valence-corrected chi connectivity index (χ2v) is 12.0. The third-order valence-corrected chi connectivity index (χ3v) is 8.39. The first-order chi connectivity index (χ1) is 22.3. The van der Waals surface area contributed by atoms with Gasteiger partial charge in [-0.15, -0.1) is 0 Å². The Kier molecular flexibility index (Phi) is 10.7. The van der Waals surface area contributed by atoms with Gasteiger partial charge in [0.05, 0.1) is 19.6 Å². The molecule has 0 aliphatic carbocycles. The number of fused-ring (bicyclic) bond motifs is 1. The van der Waals surface area contributed by atoms with Crippen LogP contribution in [0.5, 0.6) is 23.0 Å². The van der Waals surface area contributed by atoms with Gasteiger partial charge in [-0.25, -0.2) is 0 Å². The summed E-state index contributed by atoms with van der Waals surface area (Å²) in [5.41, 5.74) is 1.72. The lowest BCUT2D eigenvalue weighted by molar-refractivity contribution is -0.277. The van der Waals surface area contributed by atoms with Gasteiger partial charge in [0.2, 0.25) is 12.6 Å². The summed E-state index contributed by atoms with van der Waals surface area (Å²) in [5, 5.41) is 91.2. The lowest BCUT2D eigenvalue weighted by atomic mass is 9.92. The van der Waals surface area contributed by atoms with Gasteiger partial charge in [-0.05, 0) is 38.0 Å². The van der Waals surface area contributed by atoms with Gasteiger partial charge in [0, 0.05) is 11.6 Å². The molecule has 0 saturated carbocycles. The van der Waals surface area contributed by atoms with Crippen molar-refractivity contribution in [3.63, 3.8) is 0 Å². The summed E-state index contributed by atoms with van der Waals surface area (Å²) in [6, 6.07) is 7.42. The van der Waals surface area contributed by atoms with Crippen LogP contribution in [0.2, 0.25) is 0 Å². The zero-order valence-corrected chi connectivity index (χ0v) is 25.6. The molecule has 11 unspecified atom stereocenters. The molecule has 5 rings (SSSR count). The minimum absolute atomic E-state index is 0.0280. The highest BCUT2D eigenvalue weighted by atomic mass is 16.7. The van der Waals surface area contributed by atoms with E-state index in [1.807, 2.05) is 19.9 Å². The van der Waals surface area contributed by atoms with Gasteiger partial charge in [0.1, 0.15) is 83.5 Å². The number of aliphatic hydroxyl groups is 8. The van der Waals surface area contributed by atoms with E-state index >= 15 is 0 Å². The minimum atomic E-state index is -1.72. The topological polar surface area (TPSA) is 245 Å². The molecular weight excluding hydrogens is 624 g/mol. The predicted molar refractivity (Wildman–Crippen MR) is 159 cm³/mol. The van der Waals surface area contributed by atoms with E-state index in [-0.39, 0.29) is 35.7 Å². The van der Waals surface area contributed by atoms with Crippen LogP contribution in [-0.2, 0) is 15.9 Å². The fraction of sp³-hybridized carbons (Fsp3) is 0.531. The molecule has 0 aromatic heterocycles. The molecule has 9 N–H and O–H groups in total. The van der Waals surface area contributed by atoms with E-state index in [4.69, 9.17) is 23.7 Å². The lowest BCUT2D eigenvalue weighted by Gasteiger charge is -2.40. The zero-order valence-electron chi connectivity index (χ0n) is 25.6. The second-order valence-electron chi connectivity index (χ2n) is 12.0. The number of phenols is 1. The number of Topliss-reactive ketones (excluding diaryl/α,β-unsaturated/α-hetero) is 1. The maximum absolute atomic E-state index is 13.4. The average Bonchev–Trinajstić information content (AvgIpc) is 3.04. The number of benzene rings is 2. The fourth-order valence-electron chi connectivity index (χ4n) is 5.66. The normalized spacial score (nSPS) is 33.8. The number of hydrogen-bond donors (Lipinski definition) is 9. The Hall–Kier alpha value is -3.35. The Morgan fingerprint density at radius 1 is 0.830 bits per heavy atom. The molecule has 0 amide bonds. The number of ether oxygens (including phenoxy) is 5. The van der Waals surface area contributed by atoms with Crippen LogP contribution in [0.25, 0.3) is 0 Å². The molecule has 15 nitrogen and oxygen atoms in total. The van der Waals surface area contributed by atoms with Crippen molar-refractivity contribution in [2.45, 2.75) is 94.2 Å². The van der Waals surface area contributed by atoms with E-state index < -0.39 is 92.3 Å². The highest BCUT2D eigenvalue weighted by Crippen LogP contribution is 2.47. The highest BCUT2D eigenvalue weighted by molar-refractivity contribution is 6.03. The van der Waals surface area contributed by atoms with Crippen molar-refractivity contribution in [2.75, 3.05) is 13.2 Å². The Morgan fingerprint density at radius 2 is 1.38 bits per heavy atom. The first-order valence-electron chi connectivity index (χ1n) is 15.1. The fourth-order valence-corrected chi connectivity index (χ4v) is 5.66. The second kappa shape index (κ2) is 14.4. The van der Waals surface area contributed by atoms with Gasteiger partial charge in [0.15, 0.2) is 5.78 Å². The molecule has 2 aromatic carbocycles. The summed E-state index contributed by atoms with van der Waals surface area (Å²) >= 11 is 0. The largest absolute Gasteiger partial charge is 0.507 e. The maximum atomic E-state index is 13.4. The first-order valence-corrected chi connectivity index (χ1v) is 15.1. The van der Waals surface area contributed by atoms with Crippen molar-refractivity contribution in [1.29, 1.82) is 0 Å². The molecule has 2 fully saturated rings. The van der Waals surface area contributed by atoms with Gasteiger partial charge in [-0.1, -0.05) is 23.8 Å². The summed E-state index contributed by atoms with van der Waals surface area (Å²) in [6.07, 6.45) is -14.1. The summed E-state index contributed by atoms with van der Waals surface area (Å²) in [5.74, 6) is -0.664. The minimum Gasteiger partial charge on any atom is -0.507 e. The number of carbonyl (C=O) groups excluding carboxylic acids is 1. The van der Waals surface area contributed by atoms with Crippen molar-refractivity contribution in [3.8, 4) is 23.0 Å². The molecule has 0 spiro atoms. The zero-order chi connectivity index (χ0) is 34.2. The molecule has 15 heteroatoms. The van der Waals surface area contributed by atoms with Crippen molar-refractivity contribution < 1.29 is 74.4 Å². The van der Waals surface area contributed by atoms with Gasteiger partial charge in [-0.2, -0.15) is 0 Å². The van der Waals surface area contributed by atoms with Crippen molar-refractivity contribution >= 4 is 5.78 Å². The Labute approximate surface area is 269 Å². The predicted octanol–water partition coefficient (Wildman–Crippen LogP) is -1.04. The maximum Gasteiger partial charge on any atom is 0.229 e. The Bertz CT molecular complexity index is 1440. The van der Waals surface area contributed by atoms with Crippen molar-refractivity contribution in [1.82, 2.24) is 0 Å². The van der Waals surface area contributed by atoms with E-state index in [9.17, 15) is 50.8 Å². The van der Waals surface area contributed by atoms with Crippen LogP contribution in [0.1, 0.15) is 47.9 Å². The summed E-state index contributed by atoms with van der Waals surface area (Å²) in [6.45, 7) is 2.43. The SMILES string of the molecule is CC(C)=CCc1c(OC2OC(CO)C(O)C(O)C2O)cc(O)c2c1OC(c1ccc(OC3OC(CO)C(O)C(O)C3O)cc1)CC2=O. The number of aromatic hydroxyl groups is 1. The van der Waals surface area contributed by atoms with Crippen LogP contribution in [-0.4, -0.2) is 126 Å². The summed E-state index contributed by atoms with van der Waals surface area (Å²) < 4.78 is 28.7. The average molecular weight is 665 g/mol.